The molecule has 2 nitrogen and oxygen atoms in total. The minimum atomic E-state index is 0.664. The van der Waals surface area contributed by atoms with Crippen molar-refractivity contribution in [2.45, 2.75) is 37.6 Å². The van der Waals surface area contributed by atoms with Gasteiger partial charge in [0, 0.05) is 36.0 Å². The van der Waals surface area contributed by atoms with Crippen molar-refractivity contribution >= 4 is 11.0 Å². The molecular formula is C17H19NO. The molecule has 4 heterocycles. The molecule has 1 aromatic heterocycles. The van der Waals surface area contributed by atoms with Crippen molar-refractivity contribution in [3.8, 4) is 0 Å². The van der Waals surface area contributed by atoms with Gasteiger partial charge < -0.3 is 4.42 Å². The molecule has 6 rings (SSSR count). The third-order valence-corrected chi connectivity index (χ3v) is 5.60. The average molecular weight is 253 g/mol. The smallest absolute Gasteiger partial charge is 0.134 e. The first-order valence-corrected chi connectivity index (χ1v) is 7.64. The maximum Gasteiger partial charge on any atom is 0.134 e. The number of fused-ring (bicyclic) bond motifs is 4. The van der Waals surface area contributed by atoms with Gasteiger partial charge in [-0.2, -0.15) is 0 Å². The van der Waals surface area contributed by atoms with Gasteiger partial charge in [-0.05, 0) is 37.7 Å². The first-order valence-electron chi connectivity index (χ1n) is 7.64. The van der Waals surface area contributed by atoms with E-state index < -0.39 is 0 Å². The number of benzene rings is 1. The Kier molecular flexibility index (Phi) is 2.01. The number of piperidine rings is 2. The molecule has 3 fully saturated rings. The standard InChI is InChI=1S/C17H19NO/c1-2-4-16-12(3-1)13-7-8-18-10-11-5-6-15(18)14(9-11)17(13)19-16/h1-4,11,14-15H,5-10H2. The molecule has 98 valence electrons. The fraction of sp³-hybridized carbons (Fsp3) is 0.529. The Morgan fingerprint density at radius 1 is 1.16 bits per heavy atom. The summed E-state index contributed by atoms with van der Waals surface area (Å²) in [5.41, 5.74) is 2.61. The van der Waals surface area contributed by atoms with Crippen LogP contribution in [0.4, 0.5) is 0 Å². The van der Waals surface area contributed by atoms with Crippen LogP contribution in [-0.2, 0) is 6.42 Å². The van der Waals surface area contributed by atoms with E-state index in [4.69, 9.17) is 4.42 Å². The van der Waals surface area contributed by atoms with Gasteiger partial charge in [0.25, 0.3) is 0 Å². The van der Waals surface area contributed by atoms with E-state index in [1.807, 2.05) is 0 Å². The largest absolute Gasteiger partial charge is 0.460 e. The second-order valence-corrected chi connectivity index (χ2v) is 6.54. The maximum absolute atomic E-state index is 6.28. The van der Waals surface area contributed by atoms with Crippen LogP contribution in [0.3, 0.4) is 0 Å². The third kappa shape index (κ3) is 1.35. The van der Waals surface area contributed by atoms with Crippen molar-refractivity contribution in [1.29, 1.82) is 0 Å². The predicted octanol–water partition coefficient (Wildman–Crippen LogP) is 3.56. The van der Waals surface area contributed by atoms with Gasteiger partial charge in [0.05, 0.1) is 0 Å². The van der Waals surface area contributed by atoms with E-state index in [0.29, 0.717) is 5.92 Å². The van der Waals surface area contributed by atoms with Crippen molar-refractivity contribution in [2.75, 3.05) is 13.1 Å². The molecule has 0 amide bonds. The zero-order valence-corrected chi connectivity index (χ0v) is 11.1. The highest BCUT2D eigenvalue weighted by Gasteiger charge is 2.45. The van der Waals surface area contributed by atoms with Gasteiger partial charge in [-0.15, -0.1) is 0 Å². The highest BCUT2D eigenvalue weighted by molar-refractivity contribution is 5.82. The van der Waals surface area contributed by atoms with E-state index in [1.165, 1.54) is 55.5 Å². The van der Waals surface area contributed by atoms with Crippen LogP contribution in [0.1, 0.15) is 36.5 Å². The van der Waals surface area contributed by atoms with Crippen LogP contribution in [0.5, 0.6) is 0 Å². The van der Waals surface area contributed by atoms with Crippen LogP contribution in [0.2, 0.25) is 0 Å². The molecule has 2 saturated heterocycles. The van der Waals surface area contributed by atoms with E-state index in [0.717, 1.165) is 17.5 Å². The lowest BCUT2D eigenvalue weighted by Gasteiger charge is -2.48. The number of hydrogen-bond donors (Lipinski definition) is 0. The molecule has 19 heavy (non-hydrogen) atoms. The fourth-order valence-corrected chi connectivity index (χ4v) is 4.78. The Bertz CT molecular complexity index is 644. The molecule has 2 aromatic rings. The van der Waals surface area contributed by atoms with Crippen LogP contribution in [0, 0.1) is 5.92 Å². The second-order valence-electron chi connectivity index (χ2n) is 6.54. The number of rotatable bonds is 0. The molecule has 0 N–H and O–H groups in total. The Labute approximate surface area is 113 Å². The molecule has 0 spiro atoms. The predicted molar refractivity (Wildman–Crippen MR) is 75.4 cm³/mol. The lowest BCUT2D eigenvalue weighted by atomic mass is 9.72. The molecule has 4 unspecified atom stereocenters. The van der Waals surface area contributed by atoms with Crippen LogP contribution in [0.15, 0.2) is 28.7 Å². The van der Waals surface area contributed by atoms with Gasteiger partial charge in [0.2, 0.25) is 0 Å². The molecule has 2 heteroatoms. The number of para-hydroxylation sites is 1. The highest BCUT2D eigenvalue weighted by atomic mass is 16.3. The van der Waals surface area contributed by atoms with Crippen LogP contribution in [0.25, 0.3) is 11.0 Å². The first-order chi connectivity index (χ1) is 9.40. The molecule has 3 aliphatic heterocycles. The molecule has 0 radical (unpaired) electrons. The number of furan rings is 1. The molecular weight excluding hydrogens is 234 g/mol. The van der Waals surface area contributed by atoms with Crippen LogP contribution in [-0.4, -0.2) is 24.0 Å². The SMILES string of the molecule is c1ccc2c3c(oc2c1)C1CC2CCC1N(CC3)C2. The van der Waals surface area contributed by atoms with Gasteiger partial charge >= 0.3 is 0 Å². The van der Waals surface area contributed by atoms with Crippen molar-refractivity contribution in [1.82, 2.24) is 4.90 Å². The van der Waals surface area contributed by atoms with Crippen molar-refractivity contribution in [3.63, 3.8) is 0 Å². The van der Waals surface area contributed by atoms with Gasteiger partial charge in [0.1, 0.15) is 11.3 Å². The Morgan fingerprint density at radius 2 is 2.11 bits per heavy atom. The Morgan fingerprint density at radius 3 is 3.05 bits per heavy atom. The number of hydrogen-bond acceptors (Lipinski definition) is 2. The lowest BCUT2D eigenvalue weighted by molar-refractivity contribution is 0.0307. The minimum absolute atomic E-state index is 0.664. The second kappa shape index (κ2) is 3.63. The van der Waals surface area contributed by atoms with E-state index in [9.17, 15) is 0 Å². The summed E-state index contributed by atoms with van der Waals surface area (Å²) in [4.78, 5) is 2.74. The summed E-state index contributed by atoms with van der Waals surface area (Å²) in [5.74, 6) is 2.91. The molecule has 1 aromatic carbocycles. The highest BCUT2D eigenvalue weighted by Crippen LogP contribution is 2.48. The summed E-state index contributed by atoms with van der Waals surface area (Å²) < 4.78 is 6.28. The first kappa shape index (κ1) is 10.5. The van der Waals surface area contributed by atoms with Crippen molar-refractivity contribution < 1.29 is 4.42 Å². The number of nitrogens with zero attached hydrogens (tertiary/aromatic N) is 1. The summed E-state index contributed by atoms with van der Waals surface area (Å²) in [6.45, 7) is 2.57. The third-order valence-electron chi connectivity index (χ3n) is 5.60. The Balaban J connectivity index is 1.73. The average Bonchev–Trinajstić information content (AvgIpc) is 2.79. The Hall–Kier alpha value is -1.28. The van der Waals surface area contributed by atoms with Crippen molar-refractivity contribution in [2.24, 2.45) is 5.92 Å². The zero-order valence-electron chi connectivity index (χ0n) is 11.1. The molecule has 1 saturated carbocycles. The van der Waals surface area contributed by atoms with Gasteiger partial charge in [-0.1, -0.05) is 18.2 Å². The summed E-state index contributed by atoms with van der Waals surface area (Å²) in [5, 5.41) is 1.36. The van der Waals surface area contributed by atoms with E-state index in [1.54, 1.807) is 0 Å². The van der Waals surface area contributed by atoms with E-state index in [2.05, 4.69) is 29.2 Å². The fourth-order valence-electron chi connectivity index (χ4n) is 4.78. The van der Waals surface area contributed by atoms with E-state index in [-0.39, 0.29) is 0 Å². The van der Waals surface area contributed by atoms with Crippen molar-refractivity contribution in [3.05, 3.63) is 35.6 Å². The summed E-state index contributed by atoms with van der Waals surface area (Å²) in [6.07, 6.45) is 5.35. The van der Waals surface area contributed by atoms with Gasteiger partial charge in [0.15, 0.2) is 0 Å². The molecule has 4 atom stereocenters. The molecule has 1 aliphatic carbocycles. The quantitative estimate of drug-likeness (QED) is 0.714. The maximum atomic E-state index is 6.28. The molecule has 4 aliphatic rings. The summed E-state index contributed by atoms with van der Waals surface area (Å²) >= 11 is 0. The topological polar surface area (TPSA) is 16.4 Å². The van der Waals surface area contributed by atoms with Gasteiger partial charge in [-0.3, -0.25) is 4.90 Å². The minimum Gasteiger partial charge on any atom is -0.460 e. The normalized spacial score (nSPS) is 36.2. The summed E-state index contributed by atoms with van der Waals surface area (Å²) in [6, 6.07) is 9.35. The van der Waals surface area contributed by atoms with Gasteiger partial charge in [-0.25, -0.2) is 0 Å². The summed E-state index contributed by atoms with van der Waals surface area (Å²) in [7, 11) is 0. The monoisotopic (exact) mass is 253 g/mol. The lowest BCUT2D eigenvalue weighted by Crippen LogP contribution is -2.51. The van der Waals surface area contributed by atoms with E-state index >= 15 is 0 Å². The van der Waals surface area contributed by atoms with Crippen LogP contribution < -0.4 is 0 Å². The zero-order chi connectivity index (χ0) is 12.4. The molecule has 4 bridgehead atoms. The van der Waals surface area contributed by atoms with Crippen LogP contribution >= 0.6 is 0 Å².